The van der Waals surface area contributed by atoms with E-state index in [0.717, 1.165) is 6.42 Å². The van der Waals surface area contributed by atoms with Gasteiger partial charge in [-0.3, -0.25) is 9.59 Å². The van der Waals surface area contributed by atoms with Crippen LogP contribution in [0.1, 0.15) is 45.1 Å². The Hall–Kier alpha value is -3.13. The number of hydrogen-bond acceptors (Lipinski definition) is 5. The van der Waals surface area contributed by atoms with Crippen LogP contribution in [-0.2, 0) is 16.1 Å². The first-order chi connectivity index (χ1) is 12.9. The van der Waals surface area contributed by atoms with E-state index in [-0.39, 0.29) is 29.7 Å². The molecule has 8 nitrogen and oxygen atoms in total. The number of amides is 2. The van der Waals surface area contributed by atoms with Crippen LogP contribution in [0.4, 0.5) is 5.69 Å². The van der Waals surface area contributed by atoms with Crippen LogP contribution >= 0.6 is 0 Å². The number of rotatable bonds is 6. The van der Waals surface area contributed by atoms with E-state index in [1.54, 1.807) is 31.2 Å². The second-order valence-corrected chi connectivity index (χ2v) is 6.24. The van der Waals surface area contributed by atoms with Gasteiger partial charge in [0.2, 0.25) is 0 Å². The van der Waals surface area contributed by atoms with Gasteiger partial charge in [-0.25, -0.2) is 4.79 Å². The van der Waals surface area contributed by atoms with Gasteiger partial charge in [0, 0.05) is 17.9 Å². The third-order valence-corrected chi connectivity index (χ3v) is 4.24. The van der Waals surface area contributed by atoms with Crippen LogP contribution in [0.25, 0.3) is 0 Å². The number of nitrogens with one attached hydrogen (secondary N) is 2. The van der Waals surface area contributed by atoms with Gasteiger partial charge in [-0.15, -0.1) is 0 Å². The normalized spacial score (nSPS) is 16.1. The quantitative estimate of drug-likeness (QED) is 0.716. The van der Waals surface area contributed by atoms with E-state index in [9.17, 15) is 14.4 Å². The number of carboxylic acids is 1. The van der Waals surface area contributed by atoms with Crippen molar-refractivity contribution in [1.29, 1.82) is 0 Å². The molecule has 27 heavy (non-hydrogen) atoms. The Kier molecular flexibility index (Phi) is 5.56. The Morgan fingerprint density at radius 1 is 1.26 bits per heavy atom. The Morgan fingerprint density at radius 3 is 2.74 bits per heavy atom. The van der Waals surface area contributed by atoms with Crippen molar-refractivity contribution in [2.24, 2.45) is 0 Å². The second-order valence-electron chi connectivity index (χ2n) is 6.24. The van der Waals surface area contributed by atoms with Gasteiger partial charge in [0.05, 0.1) is 6.54 Å². The molecular weight excluding hydrogens is 352 g/mol. The summed E-state index contributed by atoms with van der Waals surface area (Å²) >= 11 is 0. The topological polar surface area (TPSA) is 118 Å². The molecule has 1 unspecified atom stereocenters. The Balaban J connectivity index is 1.60. The smallest absolute Gasteiger partial charge is 0.339 e. The molecule has 1 aliphatic heterocycles. The Labute approximate surface area is 155 Å². The lowest BCUT2D eigenvalue weighted by Crippen LogP contribution is -2.27. The summed E-state index contributed by atoms with van der Waals surface area (Å²) in [5.41, 5.74) is 0.935. The summed E-state index contributed by atoms with van der Waals surface area (Å²) in [5, 5.41) is 14.4. The maximum absolute atomic E-state index is 12.3. The summed E-state index contributed by atoms with van der Waals surface area (Å²) < 4.78 is 10.7. The number of carbonyl (C=O) groups excluding carboxylic acids is 2. The van der Waals surface area contributed by atoms with Gasteiger partial charge in [-0.2, -0.15) is 0 Å². The molecule has 142 valence electrons. The largest absolute Gasteiger partial charge is 0.478 e. The second kappa shape index (κ2) is 8.05. The molecule has 8 heteroatoms. The molecule has 1 aliphatic rings. The molecule has 1 fully saturated rings. The molecule has 0 spiro atoms. The minimum atomic E-state index is -1.08. The highest BCUT2D eigenvalue weighted by Crippen LogP contribution is 2.17. The predicted molar refractivity (Wildman–Crippen MR) is 95.6 cm³/mol. The average Bonchev–Trinajstić information content (AvgIpc) is 3.29. The maximum atomic E-state index is 12.3. The van der Waals surface area contributed by atoms with E-state index in [1.165, 1.54) is 6.07 Å². The molecule has 1 aromatic heterocycles. The number of furan rings is 1. The minimum absolute atomic E-state index is 0.0550. The zero-order valence-electron chi connectivity index (χ0n) is 14.8. The van der Waals surface area contributed by atoms with E-state index in [1.807, 2.05) is 0 Å². The molecule has 1 saturated heterocycles. The maximum Gasteiger partial charge on any atom is 0.339 e. The standard InChI is InChI=1S/C19H20N2O6/c1-11-15(19(24)25)9-14(27-11)10-20-17(22)12-4-2-5-13(8-12)21-18(23)16-6-3-7-26-16/h2,4-5,8-9,16H,3,6-7,10H2,1H3,(H,20,22)(H,21,23)(H,24,25). The number of aryl methyl sites for hydroxylation is 1. The third kappa shape index (κ3) is 4.53. The lowest BCUT2D eigenvalue weighted by molar-refractivity contribution is -0.124. The van der Waals surface area contributed by atoms with Crippen LogP contribution in [-0.4, -0.2) is 35.6 Å². The Bertz CT molecular complexity index is 867. The first kappa shape index (κ1) is 18.7. The van der Waals surface area contributed by atoms with Crippen molar-refractivity contribution in [3.63, 3.8) is 0 Å². The van der Waals surface area contributed by atoms with Crippen LogP contribution < -0.4 is 10.6 Å². The number of anilines is 1. The molecule has 1 aromatic carbocycles. The summed E-state index contributed by atoms with van der Waals surface area (Å²) in [6, 6.07) is 7.93. The molecular formula is C19H20N2O6. The molecule has 2 amide bonds. The number of ether oxygens (including phenoxy) is 1. The van der Waals surface area contributed by atoms with Gasteiger partial charge in [-0.1, -0.05) is 6.07 Å². The SMILES string of the molecule is Cc1oc(CNC(=O)c2cccc(NC(=O)C3CCCO3)c2)cc1C(=O)O. The Morgan fingerprint density at radius 2 is 2.07 bits per heavy atom. The third-order valence-electron chi connectivity index (χ3n) is 4.24. The molecule has 0 saturated carbocycles. The minimum Gasteiger partial charge on any atom is -0.478 e. The van der Waals surface area contributed by atoms with E-state index < -0.39 is 12.1 Å². The lowest BCUT2D eigenvalue weighted by atomic mass is 10.1. The average molecular weight is 372 g/mol. The van der Waals surface area contributed by atoms with Crippen molar-refractivity contribution in [3.05, 3.63) is 53.0 Å². The molecule has 2 heterocycles. The first-order valence-corrected chi connectivity index (χ1v) is 8.57. The van der Waals surface area contributed by atoms with E-state index in [0.29, 0.717) is 30.0 Å². The van der Waals surface area contributed by atoms with Gasteiger partial charge >= 0.3 is 5.97 Å². The van der Waals surface area contributed by atoms with Crippen molar-refractivity contribution in [2.75, 3.05) is 11.9 Å². The van der Waals surface area contributed by atoms with Crippen molar-refractivity contribution in [3.8, 4) is 0 Å². The van der Waals surface area contributed by atoms with Crippen LogP contribution in [0.2, 0.25) is 0 Å². The molecule has 1 atom stereocenters. The van der Waals surface area contributed by atoms with Crippen molar-refractivity contribution in [1.82, 2.24) is 5.32 Å². The summed E-state index contributed by atoms with van der Waals surface area (Å²) in [4.78, 5) is 35.5. The van der Waals surface area contributed by atoms with Crippen molar-refractivity contribution < 1.29 is 28.6 Å². The van der Waals surface area contributed by atoms with Crippen molar-refractivity contribution in [2.45, 2.75) is 32.4 Å². The van der Waals surface area contributed by atoms with Crippen LogP contribution in [0.15, 0.2) is 34.7 Å². The van der Waals surface area contributed by atoms with Crippen LogP contribution in [0, 0.1) is 6.92 Å². The first-order valence-electron chi connectivity index (χ1n) is 8.57. The highest BCUT2D eigenvalue weighted by Gasteiger charge is 2.23. The van der Waals surface area contributed by atoms with Crippen LogP contribution in [0.5, 0.6) is 0 Å². The van der Waals surface area contributed by atoms with Gasteiger partial charge in [0.15, 0.2) is 0 Å². The van der Waals surface area contributed by atoms with E-state index in [2.05, 4.69) is 10.6 Å². The van der Waals surface area contributed by atoms with Gasteiger partial charge in [0.1, 0.15) is 23.2 Å². The van der Waals surface area contributed by atoms with Crippen LogP contribution in [0.3, 0.4) is 0 Å². The summed E-state index contributed by atoms with van der Waals surface area (Å²) in [6.45, 7) is 2.19. The monoisotopic (exact) mass is 372 g/mol. The molecule has 0 aliphatic carbocycles. The number of benzene rings is 1. The lowest BCUT2D eigenvalue weighted by Gasteiger charge is -2.11. The predicted octanol–water partition coefficient (Wildman–Crippen LogP) is 2.33. The van der Waals surface area contributed by atoms with E-state index >= 15 is 0 Å². The highest BCUT2D eigenvalue weighted by atomic mass is 16.5. The number of carbonyl (C=O) groups is 3. The fraction of sp³-hybridized carbons (Fsp3) is 0.316. The van der Waals surface area contributed by atoms with Gasteiger partial charge in [-0.05, 0) is 44.0 Å². The fourth-order valence-corrected chi connectivity index (χ4v) is 2.86. The van der Waals surface area contributed by atoms with Gasteiger partial charge in [0.25, 0.3) is 11.8 Å². The van der Waals surface area contributed by atoms with Gasteiger partial charge < -0.3 is 24.9 Å². The summed E-state index contributed by atoms with van der Waals surface area (Å²) in [5.74, 6) is -1.04. The fourth-order valence-electron chi connectivity index (χ4n) is 2.86. The number of aromatic carboxylic acids is 1. The molecule has 2 aromatic rings. The molecule has 0 bridgehead atoms. The summed E-state index contributed by atoms with van der Waals surface area (Å²) in [7, 11) is 0. The number of hydrogen-bond donors (Lipinski definition) is 3. The van der Waals surface area contributed by atoms with E-state index in [4.69, 9.17) is 14.3 Å². The zero-order valence-corrected chi connectivity index (χ0v) is 14.8. The zero-order chi connectivity index (χ0) is 19.4. The molecule has 3 N–H and O–H groups in total. The summed E-state index contributed by atoms with van der Waals surface area (Å²) in [6.07, 6.45) is 1.09. The molecule has 3 rings (SSSR count). The molecule has 0 radical (unpaired) electrons. The highest BCUT2D eigenvalue weighted by molar-refractivity contribution is 5.98. The number of carboxylic acid groups (broad SMARTS) is 1. The van der Waals surface area contributed by atoms with Crippen molar-refractivity contribution >= 4 is 23.5 Å².